The molecule has 0 heterocycles. The zero-order chi connectivity index (χ0) is 13.9. The van der Waals surface area contributed by atoms with Crippen LogP contribution in [0.15, 0.2) is 46.9 Å². The highest BCUT2D eigenvalue weighted by Crippen LogP contribution is 2.33. The highest BCUT2D eigenvalue weighted by atomic mass is 79.9. The Kier molecular flexibility index (Phi) is 4.45. The van der Waals surface area contributed by atoms with Gasteiger partial charge in [-0.3, -0.25) is 0 Å². The number of hydrogen-bond acceptors (Lipinski definition) is 1. The SMILES string of the molecule is Clc1c(Br)cccc1-c1ccc(CNCC2CC2)cc1. The fourth-order valence-electron chi connectivity index (χ4n) is 2.27. The van der Waals surface area contributed by atoms with Crippen LogP contribution in [0.25, 0.3) is 11.1 Å². The third-order valence-electron chi connectivity index (χ3n) is 3.68. The van der Waals surface area contributed by atoms with Gasteiger partial charge in [0.15, 0.2) is 0 Å². The van der Waals surface area contributed by atoms with Gasteiger partial charge in [0, 0.05) is 16.6 Å². The van der Waals surface area contributed by atoms with Gasteiger partial charge in [0.05, 0.1) is 5.02 Å². The Balaban J connectivity index is 1.69. The van der Waals surface area contributed by atoms with E-state index in [1.54, 1.807) is 0 Å². The molecule has 20 heavy (non-hydrogen) atoms. The Bertz CT molecular complexity index is 590. The maximum atomic E-state index is 6.33. The maximum absolute atomic E-state index is 6.33. The number of halogens is 2. The van der Waals surface area contributed by atoms with Crippen LogP contribution in [0.1, 0.15) is 18.4 Å². The van der Waals surface area contributed by atoms with E-state index in [1.807, 2.05) is 18.2 Å². The second-order valence-corrected chi connectivity index (χ2v) is 6.60. The minimum absolute atomic E-state index is 0.770. The summed E-state index contributed by atoms with van der Waals surface area (Å²) < 4.78 is 0.937. The first-order valence-electron chi connectivity index (χ1n) is 6.98. The van der Waals surface area contributed by atoms with Crippen LogP contribution in [0.5, 0.6) is 0 Å². The molecule has 2 aromatic rings. The van der Waals surface area contributed by atoms with Gasteiger partial charge in [-0.05, 0) is 58.4 Å². The van der Waals surface area contributed by atoms with E-state index in [9.17, 15) is 0 Å². The number of rotatable bonds is 5. The summed E-state index contributed by atoms with van der Waals surface area (Å²) in [6.07, 6.45) is 2.79. The molecule has 1 fully saturated rings. The van der Waals surface area contributed by atoms with Crippen molar-refractivity contribution in [3.05, 3.63) is 57.5 Å². The normalized spacial score (nSPS) is 14.5. The molecule has 1 aliphatic rings. The van der Waals surface area contributed by atoms with Gasteiger partial charge in [-0.2, -0.15) is 0 Å². The Morgan fingerprint density at radius 3 is 2.55 bits per heavy atom. The molecule has 3 heteroatoms. The monoisotopic (exact) mass is 349 g/mol. The van der Waals surface area contributed by atoms with Gasteiger partial charge in [0.2, 0.25) is 0 Å². The zero-order valence-electron chi connectivity index (χ0n) is 11.2. The molecule has 1 N–H and O–H groups in total. The molecule has 0 saturated heterocycles. The fraction of sp³-hybridized carbons (Fsp3) is 0.294. The average Bonchev–Trinajstić information content (AvgIpc) is 3.27. The van der Waals surface area contributed by atoms with Gasteiger partial charge in [0.25, 0.3) is 0 Å². The summed E-state index contributed by atoms with van der Waals surface area (Å²) in [5, 5.41) is 4.28. The quantitative estimate of drug-likeness (QED) is 0.774. The molecule has 0 aliphatic heterocycles. The summed E-state index contributed by atoms with van der Waals surface area (Å²) in [7, 11) is 0. The van der Waals surface area contributed by atoms with Crippen molar-refractivity contribution in [2.75, 3.05) is 6.54 Å². The van der Waals surface area contributed by atoms with E-state index in [-0.39, 0.29) is 0 Å². The first kappa shape index (κ1) is 14.1. The van der Waals surface area contributed by atoms with Crippen LogP contribution in [0.3, 0.4) is 0 Å². The van der Waals surface area contributed by atoms with Gasteiger partial charge < -0.3 is 5.32 Å². The Morgan fingerprint density at radius 1 is 1.10 bits per heavy atom. The number of benzene rings is 2. The third-order valence-corrected chi connectivity index (χ3v) is 4.97. The Morgan fingerprint density at radius 2 is 1.85 bits per heavy atom. The highest BCUT2D eigenvalue weighted by molar-refractivity contribution is 9.10. The Labute approximate surface area is 133 Å². The molecule has 0 aromatic heterocycles. The lowest BCUT2D eigenvalue weighted by Crippen LogP contribution is -2.15. The van der Waals surface area contributed by atoms with E-state index in [0.29, 0.717) is 0 Å². The molecule has 0 unspecified atom stereocenters. The van der Waals surface area contributed by atoms with E-state index in [4.69, 9.17) is 11.6 Å². The molecule has 0 radical (unpaired) electrons. The van der Waals surface area contributed by atoms with Crippen LogP contribution in [0, 0.1) is 5.92 Å². The van der Waals surface area contributed by atoms with E-state index in [2.05, 4.69) is 45.5 Å². The summed E-state index contributed by atoms with van der Waals surface area (Å²) in [6, 6.07) is 14.6. The molecular formula is C17H17BrClN. The van der Waals surface area contributed by atoms with E-state index in [0.717, 1.165) is 39.6 Å². The van der Waals surface area contributed by atoms with Crippen molar-refractivity contribution in [1.82, 2.24) is 5.32 Å². The molecule has 0 bridgehead atoms. The summed E-state index contributed by atoms with van der Waals surface area (Å²) in [5.74, 6) is 0.926. The van der Waals surface area contributed by atoms with Crippen molar-refractivity contribution in [3.63, 3.8) is 0 Å². The van der Waals surface area contributed by atoms with Crippen molar-refractivity contribution in [2.45, 2.75) is 19.4 Å². The Hall–Kier alpha value is -0.830. The van der Waals surface area contributed by atoms with Gasteiger partial charge in [0.1, 0.15) is 0 Å². The summed E-state index contributed by atoms with van der Waals surface area (Å²) in [6.45, 7) is 2.10. The second-order valence-electron chi connectivity index (χ2n) is 5.37. The van der Waals surface area contributed by atoms with Crippen LogP contribution < -0.4 is 5.32 Å². The van der Waals surface area contributed by atoms with Crippen molar-refractivity contribution >= 4 is 27.5 Å². The molecule has 0 spiro atoms. The van der Waals surface area contributed by atoms with Crippen LogP contribution in [-0.2, 0) is 6.54 Å². The molecule has 2 aromatic carbocycles. The lowest BCUT2D eigenvalue weighted by Gasteiger charge is -2.08. The molecule has 104 valence electrons. The standard InChI is InChI=1S/C17H17BrClN/c18-16-3-1-2-15(17(16)19)14-8-6-13(7-9-14)11-20-10-12-4-5-12/h1-3,6-9,12,20H,4-5,10-11H2. The van der Waals surface area contributed by atoms with Gasteiger partial charge in [-0.25, -0.2) is 0 Å². The van der Waals surface area contributed by atoms with Gasteiger partial charge in [-0.15, -0.1) is 0 Å². The molecule has 0 amide bonds. The summed E-state index contributed by atoms with van der Waals surface area (Å²) in [4.78, 5) is 0. The first-order chi connectivity index (χ1) is 9.74. The van der Waals surface area contributed by atoms with Crippen LogP contribution in [0.4, 0.5) is 0 Å². The van der Waals surface area contributed by atoms with Crippen LogP contribution in [-0.4, -0.2) is 6.54 Å². The molecule has 3 rings (SSSR count). The minimum Gasteiger partial charge on any atom is -0.312 e. The average molecular weight is 351 g/mol. The molecule has 1 aliphatic carbocycles. The molecule has 1 saturated carbocycles. The lowest BCUT2D eigenvalue weighted by molar-refractivity contribution is 0.639. The highest BCUT2D eigenvalue weighted by Gasteiger charge is 2.20. The predicted octanol–water partition coefficient (Wildman–Crippen LogP) is 5.27. The van der Waals surface area contributed by atoms with E-state index in [1.165, 1.54) is 18.4 Å². The topological polar surface area (TPSA) is 12.0 Å². The fourth-order valence-corrected chi connectivity index (χ4v) is 2.87. The summed E-state index contributed by atoms with van der Waals surface area (Å²) in [5.41, 5.74) is 3.54. The van der Waals surface area contributed by atoms with Gasteiger partial charge in [-0.1, -0.05) is 48.0 Å². The van der Waals surface area contributed by atoms with Crippen molar-refractivity contribution in [3.8, 4) is 11.1 Å². The number of hydrogen-bond donors (Lipinski definition) is 1. The van der Waals surface area contributed by atoms with Crippen LogP contribution >= 0.6 is 27.5 Å². The first-order valence-corrected chi connectivity index (χ1v) is 8.15. The van der Waals surface area contributed by atoms with E-state index < -0.39 is 0 Å². The van der Waals surface area contributed by atoms with Crippen molar-refractivity contribution in [1.29, 1.82) is 0 Å². The smallest absolute Gasteiger partial charge is 0.0626 e. The molecular weight excluding hydrogens is 334 g/mol. The van der Waals surface area contributed by atoms with Crippen molar-refractivity contribution < 1.29 is 0 Å². The lowest BCUT2D eigenvalue weighted by atomic mass is 10.0. The predicted molar refractivity (Wildman–Crippen MR) is 89.0 cm³/mol. The minimum atomic E-state index is 0.770. The third kappa shape index (κ3) is 3.43. The van der Waals surface area contributed by atoms with Crippen molar-refractivity contribution in [2.24, 2.45) is 5.92 Å². The molecule has 0 atom stereocenters. The largest absolute Gasteiger partial charge is 0.312 e. The summed E-state index contributed by atoms with van der Waals surface area (Å²) >= 11 is 9.80. The van der Waals surface area contributed by atoms with Crippen LogP contribution in [0.2, 0.25) is 5.02 Å². The second kappa shape index (κ2) is 6.30. The van der Waals surface area contributed by atoms with E-state index >= 15 is 0 Å². The van der Waals surface area contributed by atoms with Gasteiger partial charge >= 0.3 is 0 Å². The maximum Gasteiger partial charge on any atom is 0.0626 e. The zero-order valence-corrected chi connectivity index (χ0v) is 13.5. The molecule has 1 nitrogen and oxygen atoms in total. The number of nitrogens with one attached hydrogen (secondary N) is 1.